The highest BCUT2D eigenvalue weighted by molar-refractivity contribution is 7.13. The van der Waals surface area contributed by atoms with Gasteiger partial charge in [-0.15, -0.1) is 11.3 Å². The fourth-order valence-electron chi connectivity index (χ4n) is 2.79. The molecule has 4 aromatic rings. The van der Waals surface area contributed by atoms with Crippen molar-refractivity contribution >= 4 is 17.2 Å². The summed E-state index contributed by atoms with van der Waals surface area (Å²) in [6.07, 6.45) is 3.11. The number of carbonyl (C=O) groups is 1. The van der Waals surface area contributed by atoms with E-state index in [1.807, 2.05) is 24.3 Å². The van der Waals surface area contributed by atoms with Gasteiger partial charge >= 0.3 is 0 Å². The lowest BCUT2D eigenvalue weighted by Gasteiger charge is -2.08. The number of nitrogens with zero attached hydrogens (tertiary/aromatic N) is 2. The van der Waals surface area contributed by atoms with Gasteiger partial charge in [0.2, 0.25) is 0 Å². The van der Waals surface area contributed by atoms with Gasteiger partial charge in [0, 0.05) is 23.7 Å². The van der Waals surface area contributed by atoms with Crippen molar-refractivity contribution in [3.8, 4) is 27.8 Å². The molecule has 2 aromatic carbocycles. The molecule has 0 aliphatic rings. The molecule has 156 valence electrons. The van der Waals surface area contributed by atoms with E-state index in [2.05, 4.69) is 15.3 Å². The molecular weight excluding hydrogens is 417 g/mol. The highest BCUT2D eigenvalue weighted by Gasteiger charge is 2.13. The number of nitrogens with one attached hydrogen (secondary N) is 1. The molecule has 0 fully saturated rings. The standard InChI is InChI=1S/C23H18FN3O3S/c1-29-17-7-5-16(6-8-17)23-27-20(14-31-23)22(28)26-12-15-4-9-21(19(24)11-15)30-18-3-2-10-25-13-18/h2-11,13-14H,12H2,1H3,(H,26,28). The Kier molecular flexibility index (Phi) is 6.18. The topological polar surface area (TPSA) is 73.3 Å². The summed E-state index contributed by atoms with van der Waals surface area (Å²) in [6, 6.07) is 15.4. The number of thiazole rings is 1. The predicted octanol–water partition coefficient (Wildman–Crippen LogP) is 5.08. The summed E-state index contributed by atoms with van der Waals surface area (Å²) >= 11 is 1.38. The second-order valence-corrected chi connectivity index (χ2v) is 7.36. The van der Waals surface area contributed by atoms with Crippen molar-refractivity contribution in [1.29, 1.82) is 0 Å². The second kappa shape index (κ2) is 9.36. The molecule has 31 heavy (non-hydrogen) atoms. The van der Waals surface area contributed by atoms with E-state index in [0.717, 1.165) is 16.3 Å². The highest BCUT2D eigenvalue weighted by atomic mass is 32.1. The van der Waals surface area contributed by atoms with E-state index in [4.69, 9.17) is 9.47 Å². The minimum Gasteiger partial charge on any atom is -0.497 e. The first-order valence-electron chi connectivity index (χ1n) is 9.37. The van der Waals surface area contributed by atoms with Gasteiger partial charge < -0.3 is 14.8 Å². The number of amides is 1. The van der Waals surface area contributed by atoms with Crippen LogP contribution in [0.2, 0.25) is 0 Å². The molecule has 0 saturated heterocycles. The molecule has 0 radical (unpaired) electrons. The zero-order valence-electron chi connectivity index (χ0n) is 16.5. The van der Waals surface area contributed by atoms with Crippen molar-refractivity contribution in [3.05, 3.63) is 89.4 Å². The van der Waals surface area contributed by atoms with Crippen LogP contribution < -0.4 is 14.8 Å². The van der Waals surface area contributed by atoms with Crippen LogP contribution in [0.5, 0.6) is 17.2 Å². The molecule has 6 nitrogen and oxygen atoms in total. The number of carbonyl (C=O) groups excluding carboxylic acids is 1. The summed E-state index contributed by atoms with van der Waals surface area (Å²) in [5.41, 5.74) is 1.82. The Bertz CT molecular complexity index is 1180. The lowest BCUT2D eigenvalue weighted by atomic mass is 10.2. The smallest absolute Gasteiger partial charge is 0.271 e. The third-order valence-corrected chi connectivity index (χ3v) is 5.28. The molecule has 2 heterocycles. The first-order valence-corrected chi connectivity index (χ1v) is 10.2. The lowest BCUT2D eigenvalue weighted by Crippen LogP contribution is -2.23. The SMILES string of the molecule is COc1ccc(-c2nc(C(=O)NCc3ccc(Oc4cccnc4)c(F)c3)cs2)cc1. The summed E-state index contributed by atoms with van der Waals surface area (Å²) in [7, 11) is 1.61. The number of halogens is 1. The monoisotopic (exact) mass is 435 g/mol. The first-order chi connectivity index (χ1) is 15.1. The van der Waals surface area contributed by atoms with Crippen molar-refractivity contribution in [2.45, 2.75) is 6.54 Å². The van der Waals surface area contributed by atoms with Gasteiger partial charge in [0.05, 0.1) is 13.3 Å². The van der Waals surface area contributed by atoms with Crippen LogP contribution in [0.15, 0.2) is 72.4 Å². The van der Waals surface area contributed by atoms with Crippen LogP contribution in [0.25, 0.3) is 10.6 Å². The van der Waals surface area contributed by atoms with Crippen LogP contribution in [0.4, 0.5) is 4.39 Å². The third-order valence-electron chi connectivity index (χ3n) is 4.39. The number of methoxy groups -OCH3 is 1. The molecule has 1 N–H and O–H groups in total. The normalized spacial score (nSPS) is 10.5. The van der Waals surface area contributed by atoms with Gasteiger partial charge in [0.1, 0.15) is 22.2 Å². The van der Waals surface area contributed by atoms with Gasteiger partial charge in [-0.3, -0.25) is 9.78 Å². The van der Waals surface area contributed by atoms with Gasteiger partial charge in [-0.2, -0.15) is 0 Å². The maximum absolute atomic E-state index is 14.4. The van der Waals surface area contributed by atoms with E-state index in [9.17, 15) is 9.18 Å². The van der Waals surface area contributed by atoms with Crippen LogP contribution >= 0.6 is 11.3 Å². The molecule has 0 aliphatic carbocycles. The van der Waals surface area contributed by atoms with E-state index in [0.29, 0.717) is 17.0 Å². The van der Waals surface area contributed by atoms with Gasteiger partial charge in [-0.05, 0) is 54.1 Å². The Morgan fingerprint density at radius 1 is 1.13 bits per heavy atom. The first kappa shape index (κ1) is 20.5. The van der Waals surface area contributed by atoms with Crippen molar-refractivity contribution in [2.75, 3.05) is 7.11 Å². The molecule has 8 heteroatoms. The van der Waals surface area contributed by atoms with Gasteiger partial charge in [-0.25, -0.2) is 9.37 Å². The maximum atomic E-state index is 14.4. The number of hydrogen-bond acceptors (Lipinski definition) is 6. The minimum absolute atomic E-state index is 0.0895. The number of pyridine rings is 1. The van der Waals surface area contributed by atoms with Crippen molar-refractivity contribution in [1.82, 2.24) is 15.3 Å². The van der Waals surface area contributed by atoms with Crippen molar-refractivity contribution in [2.24, 2.45) is 0 Å². The fraction of sp³-hybridized carbons (Fsp3) is 0.0870. The molecule has 1 amide bonds. The third kappa shape index (κ3) is 5.04. The van der Waals surface area contributed by atoms with Gasteiger partial charge in [-0.1, -0.05) is 6.07 Å². The summed E-state index contributed by atoms with van der Waals surface area (Å²) in [5.74, 6) is 0.436. The quantitative estimate of drug-likeness (QED) is 0.439. The fourth-order valence-corrected chi connectivity index (χ4v) is 3.59. The number of benzene rings is 2. The molecule has 2 aromatic heterocycles. The molecule has 0 aliphatic heterocycles. The molecule has 0 atom stereocenters. The Morgan fingerprint density at radius 2 is 1.97 bits per heavy atom. The van der Waals surface area contributed by atoms with Crippen molar-refractivity contribution in [3.63, 3.8) is 0 Å². The van der Waals surface area contributed by atoms with Crippen LogP contribution in [-0.2, 0) is 6.54 Å². The molecular formula is C23H18FN3O3S. The zero-order chi connectivity index (χ0) is 21.6. The largest absolute Gasteiger partial charge is 0.497 e. The Morgan fingerprint density at radius 3 is 2.68 bits per heavy atom. The average Bonchev–Trinajstić information content (AvgIpc) is 3.30. The van der Waals surface area contributed by atoms with E-state index < -0.39 is 5.82 Å². The summed E-state index contributed by atoms with van der Waals surface area (Å²) in [4.78, 5) is 20.8. The summed E-state index contributed by atoms with van der Waals surface area (Å²) < 4.78 is 25.0. The summed E-state index contributed by atoms with van der Waals surface area (Å²) in [5, 5.41) is 5.19. The van der Waals surface area contributed by atoms with Crippen LogP contribution in [-0.4, -0.2) is 23.0 Å². The molecule has 0 spiro atoms. The number of aromatic nitrogens is 2. The molecule has 0 unspecified atom stereocenters. The molecule has 0 saturated carbocycles. The lowest BCUT2D eigenvalue weighted by molar-refractivity contribution is 0.0946. The summed E-state index contributed by atoms with van der Waals surface area (Å²) in [6.45, 7) is 0.165. The average molecular weight is 435 g/mol. The van der Waals surface area contributed by atoms with Gasteiger partial charge in [0.25, 0.3) is 5.91 Å². The van der Waals surface area contributed by atoms with E-state index >= 15 is 0 Å². The Balaban J connectivity index is 1.37. The number of rotatable bonds is 7. The van der Waals surface area contributed by atoms with E-state index in [1.165, 1.54) is 29.7 Å². The van der Waals surface area contributed by atoms with Crippen molar-refractivity contribution < 1.29 is 18.7 Å². The zero-order valence-corrected chi connectivity index (χ0v) is 17.4. The van der Waals surface area contributed by atoms with Gasteiger partial charge in [0.15, 0.2) is 11.6 Å². The Hall–Kier alpha value is -3.78. The Labute approximate surface area is 182 Å². The minimum atomic E-state index is -0.522. The molecule has 4 rings (SSSR count). The van der Waals surface area contributed by atoms with Crippen LogP contribution in [0.3, 0.4) is 0 Å². The maximum Gasteiger partial charge on any atom is 0.271 e. The number of hydrogen-bond donors (Lipinski definition) is 1. The van der Waals surface area contributed by atoms with Crippen LogP contribution in [0, 0.1) is 5.82 Å². The van der Waals surface area contributed by atoms with E-state index in [1.54, 1.807) is 36.9 Å². The predicted molar refractivity (Wildman–Crippen MR) is 116 cm³/mol. The van der Waals surface area contributed by atoms with Crippen LogP contribution in [0.1, 0.15) is 16.1 Å². The second-order valence-electron chi connectivity index (χ2n) is 6.50. The highest BCUT2D eigenvalue weighted by Crippen LogP contribution is 2.26. The molecule has 0 bridgehead atoms. The number of ether oxygens (including phenoxy) is 2. The van der Waals surface area contributed by atoms with E-state index in [-0.39, 0.29) is 18.2 Å².